The third kappa shape index (κ3) is 3.35. The normalized spacial score (nSPS) is 11.5. The molecule has 1 aromatic rings. The molecule has 0 heterocycles. The molecule has 0 unspecified atom stereocenters. The molecular weight excluding hydrogens is 286 g/mol. The predicted octanol–water partition coefficient (Wildman–Crippen LogP) is 0.259. The number of hydrogen-bond donors (Lipinski definition) is 3. The van der Waals surface area contributed by atoms with Gasteiger partial charge in [-0.3, -0.25) is 0 Å². The zero-order valence-electron chi connectivity index (χ0n) is 10.6. The van der Waals surface area contributed by atoms with Crippen LogP contribution in [0.5, 0.6) is 5.75 Å². The second-order valence-corrected chi connectivity index (χ2v) is 5.80. The minimum absolute atomic E-state index is 0.0217. The molecule has 0 aliphatic rings. The first-order valence-electron chi connectivity index (χ1n) is 5.62. The van der Waals surface area contributed by atoms with Crippen molar-refractivity contribution in [1.29, 1.82) is 0 Å². The molecule has 20 heavy (non-hydrogen) atoms. The fraction of sp³-hybridized carbons (Fsp3) is 0.250. The third-order valence-corrected chi connectivity index (χ3v) is 4.38. The van der Waals surface area contributed by atoms with Crippen LogP contribution in [0.4, 0.5) is 0 Å². The Balaban J connectivity index is 3.30. The number of carboxylic acids is 1. The van der Waals surface area contributed by atoms with Crippen LogP contribution in [0.2, 0.25) is 0 Å². The largest absolute Gasteiger partial charge is 0.507 e. The van der Waals surface area contributed by atoms with Crippen LogP contribution >= 0.6 is 0 Å². The summed E-state index contributed by atoms with van der Waals surface area (Å²) in [5.74, 6) is -1.95. The van der Waals surface area contributed by atoms with Gasteiger partial charge in [-0.15, -0.1) is 6.58 Å². The quantitative estimate of drug-likeness (QED) is 0.622. The summed E-state index contributed by atoms with van der Waals surface area (Å²) < 4.78 is 25.5. The Kier molecular flexibility index (Phi) is 5.26. The standard InChI is InChI=1S/C12H15NO6S/c1-2-5-13(6-7-14)20(18,19)9-3-4-11(15)10(8-9)12(16)17/h2-4,8,14-15H,1,5-7H2,(H,16,17). The van der Waals surface area contributed by atoms with Crippen molar-refractivity contribution < 1.29 is 28.5 Å². The molecule has 0 spiro atoms. The summed E-state index contributed by atoms with van der Waals surface area (Å²) in [6, 6.07) is 2.98. The summed E-state index contributed by atoms with van der Waals surface area (Å²) in [6.07, 6.45) is 1.35. The molecule has 0 aliphatic heterocycles. The van der Waals surface area contributed by atoms with Crippen LogP contribution < -0.4 is 0 Å². The summed E-state index contributed by atoms with van der Waals surface area (Å²) in [7, 11) is -3.97. The van der Waals surface area contributed by atoms with E-state index in [-0.39, 0.29) is 24.6 Å². The van der Waals surface area contributed by atoms with Gasteiger partial charge in [-0.2, -0.15) is 4.31 Å². The monoisotopic (exact) mass is 301 g/mol. The smallest absolute Gasteiger partial charge is 0.339 e. The Morgan fingerprint density at radius 3 is 2.55 bits per heavy atom. The van der Waals surface area contributed by atoms with Crippen molar-refractivity contribution in [2.24, 2.45) is 0 Å². The van der Waals surface area contributed by atoms with Gasteiger partial charge >= 0.3 is 5.97 Å². The Bertz CT molecular complexity index is 610. The number of rotatable bonds is 7. The average molecular weight is 301 g/mol. The summed E-state index contributed by atoms with van der Waals surface area (Å²) in [6.45, 7) is 2.89. The molecule has 0 saturated carbocycles. The van der Waals surface area contributed by atoms with Gasteiger partial charge in [0.15, 0.2) is 0 Å². The fourth-order valence-corrected chi connectivity index (χ4v) is 2.99. The fourth-order valence-electron chi connectivity index (χ4n) is 1.56. The SMILES string of the molecule is C=CCN(CCO)S(=O)(=O)c1ccc(O)c(C(=O)O)c1. The summed E-state index contributed by atoms with van der Waals surface area (Å²) in [5.41, 5.74) is -0.506. The van der Waals surface area contributed by atoms with Crippen LogP contribution in [0.3, 0.4) is 0 Å². The third-order valence-electron chi connectivity index (χ3n) is 2.52. The highest BCUT2D eigenvalue weighted by molar-refractivity contribution is 7.89. The van der Waals surface area contributed by atoms with Gasteiger partial charge in [-0.05, 0) is 18.2 Å². The van der Waals surface area contributed by atoms with E-state index in [1.54, 1.807) is 0 Å². The van der Waals surface area contributed by atoms with E-state index in [2.05, 4.69) is 6.58 Å². The van der Waals surface area contributed by atoms with Gasteiger partial charge in [0.2, 0.25) is 10.0 Å². The molecule has 0 saturated heterocycles. The average Bonchev–Trinajstić information content (AvgIpc) is 2.38. The van der Waals surface area contributed by atoms with Gasteiger partial charge < -0.3 is 15.3 Å². The van der Waals surface area contributed by atoms with E-state index in [0.29, 0.717) is 0 Å². The first-order valence-corrected chi connectivity index (χ1v) is 7.06. The number of aliphatic hydroxyl groups excluding tert-OH is 1. The Labute approximate surface area is 116 Å². The lowest BCUT2D eigenvalue weighted by Gasteiger charge is -2.19. The molecule has 7 nitrogen and oxygen atoms in total. The molecule has 0 amide bonds. The van der Waals surface area contributed by atoms with Crippen LogP contribution in [0.15, 0.2) is 35.7 Å². The molecule has 0 aromatic heterocycles. The number of carbonyl (C=O) groups is 1. The van der Waals surface area contributed by atoms with Crippen LogP contribution in [-0.4, -0.2) is 53.7 Å². The van der Waals surface area contributed by atoms with Gasteiger partial charge in [-0.25, -0.2) is 13.2 Å². The maximum absolute atomic E-state index is 12.3. The maximum Gasteiger partial charge on any atom is 0.339 e. The van der Waals surface area contributed by atoms with Gasteiger partial charge in [0, 0.05) is 13.1 Å². The number of aromatic hydroxyl groups is 1. The Morgan fingerprint density at radius 1 is 1.40 bits per heavy atom. The summed E-state index contributed by atoms with van der Waals surface area (Å²) in [5, 5.41) is 27.1. The van der Waals surface area contributed by atoms with Gasteiger partial charge in [0.1, 0.15) is 11.3 Å². The van der Waals surface area contributed by atoms with Crippen molar-refractivity contribution >= 4 is 16.0 Å². The number of hydrogen-bond acceptors (Lipinski definition) is 5. The molecule has 3 N–H and O–H groups in total. The highest BCUT2D eigenvalue weighted by Crippen LogP contribution is 2.23. The highest BCUT2D eigenvalue weighted by Gasteiger charge is 2.25. The predicted molar refractivity (Wildman–Crippen MR) is 71.1 cm³/mol. The number of carboxylic acid groups (broad SMARTS) is 1. The lowest BCUT2D eigenvalue weighted by molar-refractivity contribution is 0.0693. The first kappa shape index (κ1) is 16.2. The van der Waals surface area contributed by atoms with Crippen molar-refractivity contribution in [3.63, 3.8) is 0 Å². The van der Waals surface area contributed by atoms with Gasteiger partial charge in [-0.1, -0.05) is 6.08 Å². The van der Waals surface area contributed by atoms with E-state index in [0.717, 1.165) is 22.5 Å². The van der Waals surface area contributed by atoms with Crippen LogP contribution in [0.25, 0.3) is 0 Å². The molecule has 0 radical (unpaired) electrons. The number of phenols is 1. The van der Waals surface area contributed by atoms with Gasteiger partial charge in [0.25, 0.3) is 0 Å². The Hall–Kier alpha value is -1.90. The van der Waals surface area contributed by atoms with E-state index in [4.69, 9.17) is 10.2 Å². The van der Waals surface area contributed by atoms with Gasteiger partial charge in [0.05, 0.1) is 11.5 Å². The number of sulfonamides is 1. The number of benzene rings is 1. The molecular formula is C12H15NO6S. The van der Waals surface area contributed by atoms with Crippen molar-refractivity contribution in [2.75, 3.05) is 19.7 Å². The zero-order chi connectivity index (χ0) is 15.3. The zero-order valence-corrected chi connectivity index (χ0v) is 11.4. The topological polar surface area (TPSA) is 115 Å². The molecule has 1 rings (SSSR count). The van der Waals surface area contributed by atoms with E-state index in [9.17, 15) is 18.3 Å². The summed E-state index contributed by atoms with van der Waals surface area (Å²) in [4.78, 5) is 10.6. The van der Waals surface area contributed by atoms with Crippen molar-refractivity contribution in [3.8, 4) is 5.75 Å². The first-order chi connectivity index (χ1) is 9.34. The second-order valence-electron chi connectivity index (χ2n) is 3.86. The number of aromatic carboxylic acids is 1. The molecule has 8 heteroatoms. The molecule has 0 fully saturated rings. The van der Waals surface area contributed by atoms with E-state index in [1.807, 2.05) is 0 Å². The lowest BCUT2D eigenvalue weighted by atomic mass is 10.2. The number of nitrogens with zero attached hydrogens (tertiary/aromatic N) is 1. The van der Waals surface area contributed by atoms with Crippen LogP contribution in [0.1, 0.15) is 10.4 Å². The van der Waals surface area contributed by atoms with Crippen molar-refractivity contribution in [2.45, 2.75) is 4.90 Å². The van der Waals surface area contributed by atoms with Crippen molar-refractivity contribution in [1.82, 2.24) is 4.31 Å². The molecule has 0 atom stereocenters. The number of aliphatic hydroxyl groups is 1. The maximum atomic E-state index is 12.3. The minimum atomic E-state index is -3.97. The Morgan fingerprint density at radius 2 is 2.05 bits per heavy atom. The summed E-state index contributed by atoms with van der Waals surface area (Å²) >= 11 is 0. The molecule has 1 aromatic carbocycles. The minimum Gasteiger partial charge on any atom is -0.507 e. The second kappa shape index (κ2) is 6.51. The molecule has 110 valence electrons. The van der Waals surface area contributed by atoms with Crippen molar-refractivity contribution in [3.05, 3.63) is 36.4 Å². The highest BCUT2D eigenvalue weighted by atomic mass is 32.2. The van der Waals surface area contributed by atoms with E-state index >= 15 is 0 Å². The lowest BCUT2D eigenvalue weighted by Crippen LogP contribution is -2.33. The van der Waals surface area contributed by atoms with E-state index < -0.39 is 27.3 Å². The van der Waals surface area contributed by atoms with Crippen LogP contribution in [-0.2, 0) is 10.0 Å². The van der Waals surface area contributed by atoms with E-state index in [1.165, 1.54) is 6.08 Å². The molecule has 0 bridgehead atoms. The van der Waals surface area contributed by atoms with Crippen LogP contribution in [0, 0.1) is 0 Å². The molecule has 0 aliphatic carbocycles.